The molecular formula is C21H38V. The van der Waals surface area contributed by atoms with Gasteiger partial charge in [-0.1, -0.05) is 84.9 Å². The van der Waals surface area contributed by atoms with E-state index in [4.69, 9.17) is 0 Å². The molecule has 0 aliphatic rings. The van der Waals surface area contributed by atoms with Crippen LogP contribution in [0, 0.1) is 20.4 Å². The molecule has 0 unspecified atom stereocenters. The van der Waals surface area contributed by atoms with Crippen molar-refractivity contribution in [1.29, 1.82) is 0 Å². The van der Waals surface area contributed by atoms with Gasteiger partial charge in [-0.25, -0.2) is 0 Å². The SMILES string of the molecule is C.CC.CC.CC.Cc1ccccc1.[CH3-].[V+2].[c-]1ccccc1. The first-order valence-corrected chi connectivity index (χ1v) is 7.32. The van der Waals surface area contributed by atoms with Gasteiger partial charge in [0.15, 0.2) is 0 Å². The van der Waals surface area contributed by atoms with Crippen LogP contribution in [-0.4, -0.2) is 0 Å². The zero-order valence-corrected chi connectivity index (χ0v) is 16.6. The van der Waals surface area contributed by atoms with Crippen LogP contribution in [0.5, 0.6) is 0 Å². The Kier molecular flexibility index (Phi) is 72.5. The maximum absolute atomic E-state index is 2.89. The Bertz CT molecular complexity index is 276. The first kappa shape index (κ1) is 37.3. The molecule has 0 saturated heterocycles. The summed E-state index contributed by atoms with van der Waals surface area (Å²) in [4.78, 5) is 0. The number of benzene rings is 2. The molecule has 127 valence electrons. The number of hydrogen-bond acceptors (Lipinski definition) is 0. The Morgan fingerprint density at radius 2 is 0.955 bits per heavy atom. The van der Waals surface area contributed by atoms with Crippen molar-refractivity contribution < 1.29 is 18.6 Å². The molecule has 1 radical (unpaired) electrons. The topological polar surface area (TPSA) is 0 Å². The van der Waals surface area contributed by atoms with E-state index >= 15 is 0 Å². The van der Waals surface area contributed by atoms with Crippen molar-refractivity contribution in [2.75, 3.05) is 0 Å². The molecule has 1 heteroatoms. The largest absolute Gasteiger partial charge is 2.00 e. The van der Waals surface area contributed by atoms with Crippen LogP contribution in [0.3, 0.4) is 0 Å². The standard InChI is InChI=1S/C7H8.C6H5.3C2H6.CH4.CH3.V/c1-7-5-3-2-4-6-7;1-2-4-6-5-3-1;3*1-2;;;/h2-6H,1H3;1-5H;3*1-2H3;1H4;1H3;/q;-1;;;;;-1;+2. The molecule has 0 saturated carbocycles. The average Bonchev–Trinajstić information content (AvgIpc) is 2.56. The average molecular weight is 341 g/mol. The van der Waals surface area contributed by atoms with Crippen molar-refractivity contribution in [3.63, 3.8) is 0 Å². The fourth-order valence-electron chi connectivity index (χ4n) is 0.876. The first-order valence-electron chi connectivity index (χ1n) is 7.32. The second kappa shape index (κ2) is 42.7. The van der Waals surface area contributed by atoms with Gasteiger partial charge < -0.3 is 7.43 Å². The van der Waals surface area contributed by atoms with Gasteiger partial charge in [0.2, 0.25) is 0 Å². The zero-order valence-electron chi connectivity index (χ0n) is 15.2. The third-order valence-corrected chi connectivity index (χ3v) is 1.55. The van der Waals surface area contributed by atoms with Crippen LogP contribution >= 0.6 is 0 Å². The molecule has 0 fully saturated rings. The molecule has 2 aromatic rings. The monoisotopic (exact) mass is 341 g/mol. The Morgan fingerprint density at radius 1 is 0.636 bits per heavy atom. The number of hydrogen-bond donors (Lipinski definition) is 0. The van der Waals surface area contributed by atoms with Gasteiger partial charge in [-0.2, -0.15) is 36.4 Å². The van der Waals surface area contributed by atoms with E-state index in [2.05, 4.69) is 25.1 Å². The van der Waals surface area contributed by atoms with Crippen LogP contribution in [0.25, 0.3) is 0 Å². The minimum absolute atomic E-state index is 0. The molecular weight excluding hydrogens is 303 g/mol. The molecule has 0 N–H and O–H groups in total. The van der Waals surface area contributed by atoms with Crippen LogP contribution in [0.1, 0.15) is 54.5 Å². The Morgan fingerprint density at radius 3 is 1.09 bits per heavy atom. The van der Waals surface area contributed by atoms with Crippen molar-refractivity contribution in [3.8, 4) is 0 Å². The van der Waals surface area contributed by atoms with Crippen molar-refractivity contribution in [1.82, 2.24) is 0 Å². The van der Waals surface area contributed by atoms with Gasteiger partial charge in [-0.3, -0.25) is 0 Å². The summed E-state index contributed by atoms with van der Waals surface area (Å²) in [5.41, 5.74) is 1.32. The Balaban J connectivity index is -0.0000000397. The molecule has 0 aliphatic heterocycles. The zero-order chi connectivity index (χ0) is 15.4. The fourth-order valence-corrected chi connectivity index (χ4v) is 0.876. The van der Waals surface area contributed by atoms with E-state index in [9.17, 15) is 0 Å². The van der Waals surface area contributed by atoms with E-state index in [-0.39, 0.29) is 33.4 Å². The van der Waals surface area contributed by atoms with Crippen molar-refractivity contribution in [2.24, 2.45) is 0 Å². The maximum Gasteiger partial charge on any atom is 2.00 e. The minimum atomic E-state index is 0. The predicted molar refractivity (Wildman–Crippen MR) is 104 cm³/mol. The van der Waals surface area contributed by atoms with Gasteiger partial charge in [-0.05, 0) is 6.92 Å². The second-order valence-corrected chi connectivity index (χ2v) is 2.73. The van der Waals surface area contributed by atoms with Crippen LogP contribution in [0.4, 0.5) is 0 Å². The van der Waals surface area contributed by atoms with E-state index < -0.39 is 0 Å². The molecule has 0 aliphatic carbocycles. The Labute approximate surface area is 154 Å². The molecule has 0 heterocycles. The second-order valence-electron chi connectivity index (χ2n) is 2.73. The van der Waals surface area contributed by atoms with E-state index in [1.807, 2.05) is 90.1 Å². The van der Waals surface area contributed by atoms with Crippen molar-refractivity contribution in [3.05, 3.63) is 79.7 Å². The van der Waals surface area contributed by atoms with Gasteiger partial charge in [0.05, 0.1) is 0 Å². The van der Waals surface area contributed by atoms with Crippen LogP contribution in [-0.2, 0) is 18.6 Å². The third kappa shape index (κ3) is 36.4. The summed E-state index contributed by atoms with van der Waals surface area (Å²) < 4.78 is 0. The van der Waals surface area contributed by atoms with E-state index in [0.717, 1.165) is 0 Å². The van der Waals surface area contributed by atoms with Crippen molar-refractivity contribution in [2.45, 2.75) is 55.9 Å². The number of rotatable bonds is 0. The van der Waals surface area contributed by atoms with Gasteiger partial charge in [0, 0.05) is 0 Å². The summed E-state index contributed by atoms with van der Waals surface area (Å²) in [6.45, 7) is 14.1. The molecule has 2 aromatic carbocycles. The van der Waals surface area contributed by atoms with Crippen LogP contribution < -0.4 is 0 Å². The summed E-state index contributed by atoms with van der Waals surface area (Å²) in [6, 6.07) is 22.8. The third-order valence-electron chi connectivity index (χ3n) is 1.55. The van der Waals surface area contributed by atoms with E-state index in [0.29, 0.717) is 0 Å². The molecule has 0 bridgehead atoms. The smallest absolute Gasteiger partial charge is 0.358 e. The van der Waals surface area contributed by atoms with Crippen LogP contribution in [0.15, 0.2) is 60.7 Å². The molecule has 0 nitrogen and oxygen atoms in total. The van der Waals surface area contributed by atoms with E-state index in [1.165, 1.54) is 5.56 Å². The van der Waals surface area contributed by atoms with Gasteiger partial charge in [-0.15, -0.1) is 0 Å². The fraction of sp³-hybridized carbons (Fsp3) is 0.381. The summed E-state index contributed by atoms with van der Waals surface area (Å²) in [5.74, 6) is 0. The molecule has 0 amide bonds. The minimum Gasteiger partial charge on any atom is -0.358 e. The molecule has 0 atom stereocenters. The van der Waals surface area contributed by atoms with Gasteiger partial charge >= 0.3 is 18.6 Å². The van der Waals surface area contributed by atoms with E-state index in [1.54, 1.807) is 0 Å². The van der Waals surface area contributed by atoms with Gasteiger partial charge in [0.25, 0.3) is 0 Å². The summed E-state index contributed by atoms with van der Waals surface area (Å²) in [6.07, 6.45) is 0. The predicted octanol–water partition coefficient (Wildman–Crippen LogP) is 7.64. The first-order chi connectivity index (χ1) is 9.39. The molecule has 2 rings (SSSR count). The molecule has 0 spiro atoms. The Hall–Kier alpha value is -0.976. The summed E-state index contributed by atoms with van der Waals surface area (Å²) >= 11 is 0. The van der Waals surface area contributed by atoms with Gasteiger partial charge in [0.1, 0.15) is 0 Å². The summed E-state index contributed by atoms with van der Waals surface area (Å²) in [7, 11) is 0. The normalized spacial score (nSPS) is 5.77. The summed E-state index contributed by atoms with van der Waals surface area (Å²) in [5, 5.41) is 0. The van der Waals surface area contributed by atoms with Crippen molar-refractivity contribution >= 4 is 0 Å². The maximum atomic E-state index is 2.89. The van der Waals surface area contributed by atoms with Crippen LogP contribution in [0.2, 0.25) is 0 Å². The molecule has 0 aromatic heterocycles. The molecule has 22 heavy (non-hydrogen) atoms. The number of aryl methyl sites for hydroxylation is 1. The quantitative estimate of drug-likeness (QED) is 0.432.